The van der Waals surface area contributed by atoms with Crippen molar-refractivity contribution in [3.63, 3.8) is 0 Å². The Labute approximate surface area is 160 Å². The Kier molecular flexibility index (Phi) is 9.33. The lowest BCUT2D eigenvalue weighted by atomic mass is 9.91. The summed E-state index contributed by atoms with van der Waals surface area (Å²) in [6, 6.07) is 0. The van der Waals surface area contributed by atoms with Gasteiger partial charge in [-0.2, -0.15) is 4.31 Å². The Morgan fingerprint density at radius 3 is 2.31 bits per heavy atom. The van der Waals surface area contributed by atoms with Gasteiger partial charge in [0.05, 0.1) is 18.5 Å². The monoisotopic (exact) mass is 390 g/mol. The van der Waals surface area contributed by atoms with E-state index < -0.39 is 10.0 Å². The van der Waals surface area contributed by atoms with Crippen molar-refractivity contribution in [2.75, 3.05) is 52.1 Å². The molecule has 1 rings (SSSR count). The summed E-state index contributed by atoms with van der Waals surface area (Å²) in [5.74, 6) is 0.907. The lowest BCUT2D eigenvalue weighted by molar-refractivity contribution is 0.0904. The van der Waals surface area contributed by atoms with Crippen molar-refractivity contribution >= 4 is 16.0 Å². The van der Waals surface area contributed by atoms with E-state index in [1.807, 2.05) is 13.8 Å². The van der Waals surface area contributed by atoms with Crippen molar-refractivity contribution in [3.8, 4) is 0 Å². The first-order chi connectivity index (χ1) is 12.0. The molecule has 0 aromatic rings. The summed E-state index contributed by atoms with van der Waals surface area (Å²) in [5.41, 5.74) is 0.338. The molecular weight excluding hydrogens is 352 g/mol. The molecule has 0 bridgehead atoms. The van der Waals surface area contributed by atoms with Crippen LogP contribution in [0.1, 0.15) is 47.5 Å². The Balaban J connectivity index is 2.41. The zero-order valence-corrected chi connectivity index (χ0v) is 18.2. The topological polar surface area (TPSA) is 74.2 Å². The standard InChI is InChI=1S/C18H38N4O3S/c1-16(2)25-14-15-26(23,24)22-12-10-21(11-13-22)17(19-6)20-9-7-8-18(3,4)5/h16H,7-15H2,1-6H3,(H,19,20). The summed E-state index contributed by atoms with van der Waals surface area (Å²) in [6.45, 7) is 14.0. The van der Waals surface area contributed by atoms with Crippen LogP contribution in [0, 0.1) is 5.41 Å². The minimum atomic E-state index is -3.25. The Morgan fingerprint density at radius 2 is 1.81 bits per heavy atom. The molecule has 0 unspecified atom stereocenters. The SMILES string of the molecule is CN=C(NCCCC(C)(C)C)N1CCN(S(=O)(=O)CCOC(C)C)CC1. The van der Waals surface area contributed by atoms with Crippen molar-refractivity contribution in [2.45, 2.75) is 53.6 Å². The zero-order valence-electron chi connectivity index (χ0n) is 17.4. The maximum atomic E-state index is 12.4. The molecule has 1 heterocycles. The first-order valence-electron chi connectivity index (χ1n) is 9.60. The highest BCUT2D eigenvalue weighted by Crippen LogP contribution is 2.19. The molecule has 1 aliphatic heterocycles. The quantitative estimate of drug-likeness (QED) is 0.388. The smallest absolute Gasteiger partial charge is 0.216 e. The van der Waals surface area contributed by atoms with Crippen LogP contribution in [0.15, 0.2) is 4.99 Å². The highest BCUT2D eigenvalue weighted by atomic mass is 32.2. The van der Waals surface area contributed by atoms with Gasteiger partial charge in [0.25, 0.3) is 0 Å². The summed E-state index contributed by atoms with van der Waals surface area (Å²) in [7, 11) is -1.47. The van der Waals surface area contributed by atoms with Gasteiger partial charge >= 0.3 is 0 Å². The molecule has 26 heavy (non-hydrogen) atoms. The molecule has 1 aliphatic rings. The van der Waals surface area contributed by atoms with E-state index in [1.54, 1.807) is 11.4 Å². The molecule has 0 saturated carbocycles. The third kappa shape index (κ3) is 8.68. The second kappa shape index (κ2) is 10.5. The normalized spacial score (nSPS) is 17.8. The average molecular weight is 391 g/mol. The molecule has 1 N–H and O–H groups in total. The summed E-state index contributed by atoms with van der Waals surface area (Å²) in [4.78, 5) is 6.48. The van der Waals surface area contributed by atoms with Gasteiger partial charge in [0.2, 0.25) is 10.0 Å². The molecule has 0 aliphatic carbocycles. The number of ether oxygens (including phenoxy) is 1. The molecule has 8 heteroatoms. The molecule has 0 amide bonds. The van der Waals surface area contributed by atoms with Gasteiger partial charge < -0.3 is 15.0 Å². The molecule has 1 fully saturated rings. The van der Waals surface area contributed by atoms with E-state index in [0.717, 1.165) is 25.3 Å². The van der Waals surface area contributed by atoms with Gasteiger partial charge in [0.15, 0.2) is 5.96 Å². The molecule has 1 saturated heterocycles. The molecule has 0 atom stereocenters. The van der Waals surface area contributed by atoms with E-state index in [0.29, 0.717) is 31.6 Å². The van der Waals surface area contributed by atoms with Gasteiger partial charge in [0.1, 0.15) is 0 Å². The zero-order chi connectivity index (χ0) is 19.8. The van der Waals surface area contributed by atoms with Crippen LogP contribution in [0.4, 0.5) is 0 Å². The third-order valence-electron chi connectivity index (χ3n) is 4.32. The van der Waals surface area contributed by atoms with Gasteiger partial charge in [-0.05, 0) is 32.1 Å². The first-order valence-corrected chi connectivity index (χ1v) is 11.2. The first kappa shape index (κ1) is 23.2. The number of hydrogen-bond acceptors (Lipinski definition) is 4. The number of sulfonamides is 1. The van der Waals surface area contributed by atoms with E-state index in [9.17, 15) is 8.42 Å². The molecular formula is C18H38N4O3S. The highest BCUT2D eigenvalue weighted by Gasteiger charge is 2.27. The number of piperazine rings is 1. The summed E-state index contributed by atoms with van der Waals surface area (Å²) < 4.78 is 31.7. The number of hydrogen-bond donors (Lipinski definition) is 1. The summed E-state index contributed by atoms with van der Waals surface area (Å²) >= 11 is 0. The number of rotatable bonds is 8. The van der Waals surface area contributed by atoms with E-state index in [4.69, 9.17) is 4.74 Å². The van der Waals surface area contributed by atoms with Crippen LogP contribution < -0.4 is 5.32 Å². The van der Waals surface area contributed by atoms with Crippen molar-refractivity contribution in [1.29, 1.82) is 0 Å². The molecule has 0 aromatic carbocycles. The maximum Gasteiger partial charge on any atom is 0.216 e. The minimum Gasteiger partial charge on any atom is -0.378 e. The third-order valence-corrected chi connectivity index (χ3v) is 6.16. The number of guanidine groups is 1. The van der Waals surface area contributed by atoms with Crippen LogP contribution in [0.5, 0.6) is 0 Å². The molecule has 0 spiro atoms. The van der Waals surface area contributed by atoms with E-state index >= 15 is 0 Å². The molecule has 0 aromatic heterocycles. The Bertz CT molecular complexity index is 533. The van der Waals surface area contributed by atoms with Gasteiger partial charge in [-0.25, -0.2) is 8.42 Å². The second-order valence-electron chi connectivity index (χ2n) is 8.26. The molecule has 154 valence electrons. The number of nitrogens with one attached hydrogen (secondary N) is 1. The summed E-state index contributed by atoms with van der Waals surface area (Å²) in [6.07, 6.45) is 2.29. The predicted molar refractivity (Wildman–Crippen MR) is 108 cm³/mol. The van der Waals surface area contributed by atoms with Crippen LogP contribution in [-0.2, 0) is 14.8 Å². The maximum absolute atomic E-state index is 12.4. The summed E-state index contributed by atoms with van der Waals surface area (Å²) in [5, 5.41) is 3.40. The van der Waals surface area contributed by atoms with Crippen LogP contribution in [-0.4, -0.2) is 81.8 Å². The van der Waals surface area contributed by atoms with Crippen LogP contribution in [0.2, 0.25) is 0 Å². The second-order valence-corrected chi connectivity index (χ2v) is 10.3. The predicted octanol–water partition coefficient (Wildman–Crippen LogP) is 1.76. The fourth-order valence-corrected chi connectivity index (χ4v) is 4.13. The largest absolute Gasteiger partial charge is 0.378 e. The average Bonchev–Trinajstić information content (AvgIpc) is 2.53. The number of nitrogens with zero attached hydrogens (tertiary/aromatic N) is 3. The lowest BCUT2D eigenvalue weighted by Gasteiger charge is -2.36. The minimum absolute atomic E-state index is 0.0466. The molecule has 7 nitrogen and oxygen atoms in total. The Hall–Kier alpha value is -0.860. The van der Waals surface area contributed by atoms with Crippen molar-refractivity contribution in [1.82, 2.24) is 14.5 Å². The molecule has 0 radical (unpaired) electrons. The Morgan fingerprint density at radius 1 is 1.19 bits per heavy atom. The van der Waals surface area contributed by atoms with Crippen molar-refractivity contribution < 1.29 is 13.2 Å². The van der Waals surface area contributed by atoms with Crippen molar-refractivity contribution in [3.05, 3.63) is 0 Å². The van der Waals surface area contributed by atoms with Crippen LogP contribution in [0.3, 0.4) is 0 Å². The van der Waals surface area contributed by atoms with Crippen LogP contribution >= 0.6 is 0 Å². The lowest BCUT2D eigenvalue weighted by Crippen LogP contribution is -2.54. The van der Waals surface area contributed by atoms with Gasteiger partial charge in [0, 0.05) is 39.8 Å². The van der Waals surface area contributed by atoms with E-state index in [1.165, 1.54) is 0 Å². The fraction of sp³-hybridized carbons (Fsp3) is 0.944. The van der Waals surface area contributed by atoms with Crippen LogP contribution in [0.25, 0.3) is 0 Å². The number of aliphatic imine (C=N–C) groups is 1. The van der Waals surface area contributed by atoms with Gasteiger partial charge in [-0.1, -0.05) is 20.8 Å². The van der Waals surface area contributed by atoms with E-state index in [2.05, 4.69) is 36.0 Å². The van der Waals surface area contributed by atoms with Gasteiger partial charge in [-0.3, -0.25) is 4.99 Å². The van der Waals surface area contributed by atoms with Crippen molar-refractivity contribution in [2.24, 2.45) is 10.4 Å². The highest BCUT2D eigenvalue weighted by molar-refractivity contribution is 7.89. The van der Waals surface area contributed by atoms with E-state index in [-0.39, 0.29) is 18.5 Å². The fourth-order valence-electron chi connectivity index (χ4n) is 2.85. The van der Waals surface area contributed by atoms with Gasteiger partial charge in [-0.15, -0.1) is 0 Å².